The van der Waals surface area contributed by atoms with Gasteiger partial charge in [-0.1, -0.05) is 12.1 Å². The van der Waals surface area contributed by atoms with Crippen LogP contribution < -0.4 is 15.5 Å². The summed E-state index contributed by atoms with van der Waals surface area (Å²) in [5.41, 5.74) is 4.55. The van der Waals surface area contributed by atoms with Gasteiger partial charge in [-0.25, -0.2) is 9.79 Å². The van der Waals surface area contributed by atoms with E-state index in [-0.39, 0.29) is 12.3 Å². The molecular weight excluding hydrogens is 462 g/mol. The molecular formula is C25H27N7O4. The molecule has 1 aliphatic heterocycles. The maximum atomic E-state index is 13.2. The Kier molecular flexibility index (Phi) is 7.00. The number of aliphatic imine (C=N–C) groups is 1. The number of nitrogens with zero attached hydrogens (tertiary/aromatic N) is 4. The lowest BCUT2D eigenvalue weighted by Gasteiger charge is -2.27. The van der Waals surface area contributed by atoms with E-state index in [4.69, 9.17) is 4.74 Å². The number of rotatable bonds is 8. The third-order valence-electron chi connectivity index (χ3n) is 5.80. The minimum atomic E-state index is -0.486. The van der Waals surface area contributed by atoms with Crippen LogP contribution in [0.3, 0.4) is 0 Å². The first-order valence-electron chi connectivity index (χ1n) is 11.3. The molecule has 11 nitrogen and oxygen atoms in total. The van der Waals surface area contributed by atoms with E-state index < -0.39 is 16.8 Å². The van der Waals surface area contributed by atoms with Crippen LogP contribution >= 0.6 is 0 Å². The molecule has 1 unspecified atom stereocenters. The Morgan fingerprint density at radius 2 is 1.92 bits per heavy atom. The second-order valence-corrected chi connectivity index (χ2v) is 8.34. The summed E-state index contributed by atoms with van der Waals surface area (Å²) in [7, 11) is 3.93. The number of nitro groups is 1. The number of nitro benzene ring substituents is 1. The lowest BCUT2D eigenvalue weighted by atomic mass is 9.82. The number of H-pyrrole nitrogens is 1. The fourth-order valence-electron chi connectivity index (χ4n) is 4.02. The topological polar surface area (TPSA) is 138 Å². The third-order valence-corrected chi connectivity index (χ3v) is 5.80. The van der Waals surface area contributed by atoms with E-state index in [1.807, 2.05) is 50.2 Å². The molecule has 2 aromatic carbocycles. The van der Waals surface area contributed by atoms with Crippen molar-refractivity contribution in [3.63, 3.8) is 0 Å². The van der Waals surface area contributed by atoms with Gasteiger partial charge in [0, 0.05) is 48.9 Å². The Morgan fingerprint density at radius 1 is 1.22 bits per heavy atom. The van der Waals surface area contributed by atoms with Gasteiger partial charge in [0.05, 0.1) is 29.4 Å². The lowest BCUT2D eigenvalue weighted by Crippen LogP contribution is -2.25. The van der Waals surface area contributed by atoms with Gasteiger partial charge in [-0.15, -0.1) is 0 Å². The van der Waals surface area contributed by atoms with Crippen LogP contribution in [-0.4, -0.2) is 48.1 Å². The van der Waals surface area contributed by atoms with Crippen molar-refractivity contribution >= 4 is 35.2 Å². The molecule has 0 saturated carbocycles. The summed E-state index contributed by atoms with van der Waals surface area (Å²) in [6.07, 6.45) is 1.42. The number of carbonyl (C=O) groups excluding carboxylic acids is 1. The maximum absolute atomic E-state index is 13.2. The summed E-state index contributed by atoms with van der Waals surface area (Å²) >= 11 is 0. The number of nitrogens with one attached hydrogen (secondary N) is 3. The standard InChI is InChI=1S/C25H27N7O4/c1-5-36-25(33)22-21(16-6-10-18(11-7-16)31(3)4)20-15(2)29-30-24(20)28-23(22)27-14-26-17-8-12-19(13-9-17)32(34)35/h6-14,21H,5H2,1-4H3,(H,26,27)(H2,28,29,30). The van der Waals surface area contributed by atoms with E-state index in [0.717, 1.165) is 22.5 Å². The average Bonchev–Trinajstić information content (AvgIpc) is 3.23. The number of hydrogen-bond acceptors (Lipinski definition) is 8. The number of carbonyl (C=O) groups is 1. The summed E-state index contributed by atoms with van der Waals surface area (Å²) in [6, 6.07) is 13.9. The van der Waals surface area contributed by atoms with Crippen LogP contribution in [0.1, 0.15) is 29.7 Å². The van der Waals surface area contributed by atoms with Crippen LogP contribution in [-0.2, 0) is 9.53 Å². The summed E-state index contributed by atoms with van der Waals surface area (Å²) in [4.78, 5) is 30.1. The van der Waals surface area contributed by atoms with Crippen LogP contribution in [0.15, 0.2) is 64.9 Å². The Morgan fingerprint density at radius 3 is 2.53 bits per heavy atom. The highest BCUT2D eigenvalue weighted by atomic mass is 16.6. The molecule has 0 amide bonds. The Bertz CT molecular complexity index is 1330. The van der Waals surface area contributed by atoms with Gasteiger partial charge in [0.1, 0.15) is 5.82 Å². The van der Waals surface area contributed by atoms with Gasteiger partial charge in [-0.05, 0) is 43.7 Å². The quantitative estimate of drug-likeness (QED) is 0.141. The van der Waals surface area contributed by atoms with Crippen molar-refractivity contribution in [2.24, 2.45) is 4.99 Å². The van der Waals surface area contributed by atoms with Gasteiger partial charge < -0.3 is 20.3 Å². The molecule has 0 spiro atoms. The van der Waals surface area contributed by atoms with E-state index >= 15 is 0 Å². The monoisotopic (exact) mass is 489 g/mol. The molecule has 2 heterocycles. The number of hydrogen-bond donors (Lipinski definition) is 3. The minimum absolute atomic E-state index is 0.0108. The number of non-ortho nitro benzene ring substituents is 1. The molecule has 1 aromatic heterocycles. The zero-order valence-electron chi connectivity index (χ0n) is 20.4. The van der Waals surface area contributed by atoms with E-state index in [0.29, 0.717) is 22.9 Å². The Hall–Kier alpha value is -4.67. The van der Waals surface area contributed by atoms with Crippen molar-refractivity contribution in [2.75, 3.05) is 36.2 Å². The Labute approximate surface area is 208 Å². The van der Waals surface area contributed by atoms with Crippen LogP contribution in [0.5, 0.6) is 0 Å². The number of ether oxygens (including phenoxy) is 1. The molecule has 1 aliphatic rings. The minimum Gasteiger partial charge on any atom is -0.463 e. The summed E-state index contributed by atoms with van der Waals surface area (Å²) < 4.78 is 5.42. The number of anilines is 3. The second kappa shape index (κ2) is 10.3. The van der Waals surface area contributed by atoms with Gasteiger partial charge in [0.15, 0.2) is 5.82 Å². The normalized spacial score (nSPS) is 14.8. The fraction of sp³-hybridized carbons (Fsp3) is 0.240. The molecule has 3 aromatic rings. The highest BCUT2D eigenvalue weighted by Gasteiger charge is 2.37. The maximum Gasteiger partial charge on any atom is 0.338 e. The summed E-state index contributed by atoms with van der Waals surface area (Å²) in [5.74, 6) is -0.0736. The molecule has 0 bridgehead atoms. The Balaban J connectivity index is 1.75. The second-order valence-electron chi connectivity index (χ2n) is 8.34. The molecule has 0 radical (unpaired) electrons. The first kappa shape index (κ1) is 24.5. The molecule has 0 saturated heterocycles. The van der Waals surface area contributed by atoms with Crippen LogP contribution in [0.4, 0.5) is 22.9 Å². The number of aromatic nitrogens is 2. The number of aromatic amines is 1. The zero-order valence-corrected chi connectivity index (χ0v) is 20.4. The van der Waals surface area contributed by atoms with Crippen LogP contribution in [0, 0.1) is 17.0 Å². The lowest BCUT2D eigenvalue weighted by molar-refractivity contribution is -0.384. The summed E-state index contributed by atoms with van der Waals surface area (Å²) in [6.45, 7) is 3.87. The SMILES string of the molecule is CCOC(=O)C1=C(/N=C/Nc2ccc([N+](=O)[O-])cc2)Nc2n[nH]c(C)c2C1c1ccc(N(C)C)cc1. The number of fused-ring (bicyclic) bond motifs is 1. The first-order valence-corrected chi connectivity index (χ1v) is 11.3. The van der Waals surface area contributed by atoms with Crippen LogP contribution in [0.25, 0.3) is 0 Å². The van der Waals surface area contributed by atoms with E-state index in [9.17, 15) is 14.9 Å². The number of benzene rings is 2. The predicted molar refractivity (Wildman–Crippen MR) is 138 cm³/mol. The van der Waals surface area contributed by atoms with Gasteiger partial charge in [0.2, 0.25) is 0 Å². The molecule has 1 atom stereocenters. The van der Waals surface area contributed by atoms with E-state index in [1.165, 1.54) is 18.5 Å². The average molecular weight is 490 g/mol. The first-order chi connectivity index (χ1) is 17.3. The fourth-order valence-corrected chi connectivity index (χ4v) is 4.02. The summed E-state index contributed by atoms with van der Waals surface area (Å²) in [5, 5.41) is 24.4. The molecule has 186 valence electrons. The van der Waals surface area contributed by atoms with Gasteiger partial charge >= 0.3 is 5.97 Å². The van der Waals surface area contributed by atoms with E-state index in [2.05, 4.69) is 25.8 Å². The molecule has 11 heteroatoms. The number of esters is 1. The number of aryl methyl sites for hydroxylation is 1. The van der Waals surface area contributed by atoms with Crippen molar-refractivity contribution in [3.05, 3.63) is 86.9 Å². The van der Waals surface area contributed by atoms with E-state index in [1.54, 1.807) is 19.1 Å². The van der Waals surface area contributed by atoms with Crippen molar-refractivity contribution < 1.29 is 14.5 Å². The van der Waals surface area contributed by atoms with Crippen molar-refractivity contribution in [1.29, 1.82) is 0 Å². The molecule has 4 rings (SSSR count). The van der Waals surface area contributed by atoms with Gasteiger partial charge in [0.25, 0.3) is 5.69 Å². The van der Waals surface area contributed by atoms with Crippen molar-refractivity contribution in [3.8, 4) is 0 Å². The van der Waals surface area contributed by atoms with Gasteiger partial charge in [-0.2, -0.15) is 5.10 Å². The smallest absolute Gasteiger partial charge is 0.338 e. The predicted octanol–water partition coefficient (Wildman–Crippen LogP) is 4.16. The third kappa shape index (κ3) is 4.90. The highest BCUT2D eigenvalue weighted by Crippen LogP contribution is 2.43. The molecule has 0 aliphatic carbocycles. The van der Waals surface area contributed by atoms with Crippen molar-refractivity contribution in [2.45, 2.75) is 19.8 Å². The highest BCUT2D eigenvalue weighted by molar-refractivity contribution is 5.95. The molecule has 36 heavy (non-hydrogen) atoms. The van der Waals surface area contributed by atoms with Crippen LogP contribution in [0.2, 0.25) is 0 Å². The van der Waals surface area contributed by atoms with Gasteiger partial charge in [-0.3, -0.25) is 15.2 Å². The molecule has 0 fully saturated rings. The largest absolute Gasteiger partial charge is 0.463 e. The molecule has 3 N–H and O–H groups in total. The van der Waals surface area contributed by atoms with Crippen molar-refractivity contribution in [1.82, 2.24) is 10.2 Å². The zero-order chi connectivity index (χ0) is 25.8.